The zero-order chi connectivity index (χ0) is 16.8. The molecule has 0 bridgehead atoms. The highest BCUT2D eigenvalue weighted by Crippen LogP contribution is 2.17. The predicted octanol–water partition coefficient (Wildman–Crippen LogP) is 0.990. The number of hydrogen-bond acceptors (Lipinski definition) is 7. The van der Waals surface area contributed by atoms with Gasteiger partial charge in [0.2, 0.25) is 0 Å². The first-order valence-corrected chi connectivity index (χ1v) is 6.50. The van der Waals surface area contributed by atoms with Crippen LogP contribution in [0.3, 0.4) is 0 Å². The van der Waals surface area contributed by atoms with E-state index in [0.29, 0.717) is 11.0 Å². The minimum Gasteiger partial charge on any atom is -0.429 e. The Morgan fingerprint density at radius 3 is 2.22 bits per heavy atom. The van der Waals surface area contributed by atoms with Gasteiger partial charge in [-0.3, -0.25) is 10.1 Å². The van der Waals surface area contributed by atoms with Crippen LogP contribution in [0.1, 0.15) is 5.56 Å². The summed E-state index contributed by atoms with van der Waals surface area (Å²) < 4.78 is 9.76. The first-order chi connectivity index (χ1) is 11.0. The third-order valence-electron chi connectivity index (χ3n) is 2.88. The van der Waals surface area contributed by atoms with Gasteiger partial charge < -0.3 is 19.5 Å². The average molecular weight is 317 g/mol. The Kier molecular flexibility index (Phi) is 5.29. The topological polar surface area (TPSA) is 119 Å². The normalized spacial score (nSPS) is 10.0. The number of benzene rings is 2. The molecule has 0 saturated heterocycles. The van der Waals surface area contributed by atoms with Crippen LogP contribution in [0.4, 0.5) is 10.5 Å². The van der Waals surface area contributed by atoms with Gasteiger partial charge in [0.15, 0.2) is 0 Å². The Labute approximate surface area is 131 Å². The van der Waals surface area contributed by atoms with Gasteiger partial charge in [-0.2, -0.15) is 0 Å². The van der Waals surface area contributed by atoms with Crippen LogP contribution in [-0.2, 0) is 11.3 Å². The molecule has 0 heterocycles. The van der Waals surface area contributed by atoms with Crippen molar-refractivity contribution in [2.24, 2.45) is 0 Å². The zero-order valence-electron chi connectivity index (χ0n) is 11.8. The first-order valence-electron chi connectivity index (χ1n) is 6.50. The number of nitrogens with zero attached hydrogens (tertiary/aromatic N) is 1. The number of rotatable bonds is 5. The lowest BCUT2D eigenvalue weighted by Gasteiger charge is -2.06. The molecule has 0 fully saturated rings. The zero-order valence-corrected chi connectivity index (χ0v) is 11.8. The number of ether oxygens (including phenoxy) is 2. The number of carbonyl (C=O) groups excluding carboxylic acids is 1. The van der Waals surface area contributed by atoms with E-state index in [1.807, 2.05) is 0 Å². The summed E-state index contributed by atoms with van der Waals surface area (Å²) in [5.41, 5.74) is 0.842. The van der Waals surface area contributed by atoms with E-state index < -0.39 is 18.2 Å². The van der Waals surface area contributed by atoms with Gasteiger partial charge in [0.25, 0.3) is 5.69 Å². The Bertz CT molecular complexity index is 685. The van der Waals surface area contributed by atoms with Gasteiger partial charge in [-0.15, -0.1) is 0 Å². The number of non-ortho nitro benzene ring substituents is 1. The molecule has 0 radical (unpaired) electrons. The molecule has 0 unspecified atom stereocenters. The Morgan fingerprint density at radius 1 is 1.09 bits per heavy atom. The van der Waals surface area contributed by atoms with Crippen molar-refractivity contribution in [3.8, 4) is 5.75 Å². The first kappa shape index (κ1) is 16.5. The van der Waals surface area contributed by atoms with Gasteiger partial charge in [0, 0.05) is 12.1 Å². The standard InChI is InChI=1S/C14H12BNO7/c17-14(23-13-7-5-12(6-8-13)16(20)21)22-9-10-1-3-11(4-2-10)15(18)19/h1-8,18-19H,9H2. The Balaban J connectivity index is 1.86. The van der Waals surface area contributed by atoms with Crippen molar-refractivity contribution in [1.29, 1.82) is 0 Å². The van der Waals surface area contributed by atoms with E-state index in [-0.39, 0.29) is 18.0 Å². The van der Waals surface area contributed by atoms with Gasteiger partial charge in [0.1, 0.15) is 12.4 Å². The van der Waals surface area contributed by atoms with E-state index in [2.05, 4.69) is 0 Å². The summed E-state index contributed by atoms with van der Waals surface area (Å²) in [5.74, 6) is 0.124. The minimum absolute atomic E-state index is 0.0619. The van der Waals surface area contributed by atoms with Crippen LogP contribution in [0.25, 0.3) is 0 Å². The molecule has 8 nitrogen and oxygen atoms in total. The molecule has 23 heavy (non-hydrogen) atoms. The highest BCUT2D eigenvalue weighted by Gasteiger charge is 2.11. The molecule has 0 saturated carbocycles. The van der Waals surface area contributed by atoms with Crippen molar-refractivity contribution in [3.63, 3.8) is 0 Å². The lowest BCUT2D eigenvalue weighted by Crippen LogP contribution is -2.29. The summed E-state index contributed by atoms with van der Waals surface area (Å²) in [6, 6.07) is 11.1. The van der Waals surface area contributed by atoms with Crippen LogP contribution in [0.15, 0.2) is 48.5 Å². The Hall–Kier alpha value is -2.91. The van der Waals surface area contributed by atoms with Gasteiger partial charge >= 0.3 is 13.3 Å². The van der Waals surface area contributed by atoms with Gasteiger partial charge in [0.05, 0.1) is 4.92 Å². The second-order valence-electron chi connectivity index (χ2n) is 4.51. The highest BCUT2D eigenvalue weighted by atomic mass is 16.7. The molecule has 0 atom stereocenters. The molecular weight excluding hydrogens is 305 g/mol. The molecule has 2 aromatic carbocycles. The van der Waals surface area contributed by atoms with E-state index in [4.69, 9.17) is 19.5 Å². The molecule has 0 amide bonds. The molecule has 0 aromatic heterocycles. The molecule has 0 spiro atoms. The number of nitro benzene ring substituents is 1. The minimum atomic E-state index is -1.56. The maximum atomic E-state index is 11.5. The fourth-order valence-electron chi connectivity index (χ4n) is 1.69. The molecule has 2 rings (SSSR count). The van der Waals surface area contributed by atoms with Gasteiger partial charge in [-0.05, 0) is 23.2 Å². The predicted molar refractivity (Wildman–Crippen MR) is 80.2 cm³/mol. The number of hydrogen-bond donors (Lipinski definition) is 2. The van der Waals surface area contributed by atoms with E-state index in [1.54, 1.807) is 12.1 Å². The van der Waals surface area contributed by atoms with Crippen LogP contribution in [0.2, 0.25) is 0 Å². The van der Waals surface area contributed by atoms with Crippen LogP contribution < -0.4 is 10.2 Å². The van der Waals surface area contributed by atoms with E-state index in [0.717, 1.165) is 0 Å². The quantitative estimate of drug-likeness (QED) is 0.277. The second-order valence-corrected chi connectivity index (χ2v) is 4.51. The molecule has 9 heteroatoms. The fourth-order valence-corrected chi connectivity index (χ4v) is 1.69. The van der Waals surface area contributed by atoms with E-state index in [1.165, 1.54) is 36.4 Å². The van der Waals surface area contributed by atoms with Crippen LogP contribution in [0.5, 0.6) is 5.75 Å². The van der Waals surface area contributed by atoms with Gasteiger partial charge in [-0.1, -0.05) is 24.3 Å². The maximum absolute atomic E-state index is 11.5. The summed E-state index contributed by atoms with van der Waals surface area (Å²) in [6.07, 6.45) is -0.954. The van der Waals surface area contributed by atoms with Crippen molar-refractivity contribution in [1.82, 2.24) is 0 Å². The lowest BCUT2D eigenvalue weighted by atomic mass is 9.80. The molecule has 0 aliphatic carbocycles. The van der Waals surface area contributed by atoms with E-state index in [9.17, 15) is 14.9 Å². The summed E-state index contributed by atoms with van der Waals surface area (Å²) in [6.45, 7) is -0.0619. The maximum Gasteiger partial charge on any atom is 0.514 e. The summed E-state index contributed by atoms with van der Waals surface area (Å²) >= 11 is 0. The van der Waals surface area contributed by atoms with Crippen LogP contribution >= 0.6 is 0 Å². The molecule has 0 aliphatic rings. The molecule has 118 valence electrons. The third-order valence-corrected chi connectivity index (χ3v) is 2.88. The highest BCUT2D eigenvalue weighted by molar-refractivity contribution is 6.58. The van der Waals surface area contributed by atoms with Crippen molar-refractivity contribution < 1.29 is 29.2 Å². The second kappa shape index (κ2) is 7.39. The van der Waals surface area contributed by atoms with Crippen molar-refractivity contribution >= 4 is 24.4 Å². The number of nitro groups is 1. The lowest BCUT2D eigenvalue weighted by molar-refractivity contribution is -0.384. The van der Waals surface area contributed by atoms with Crippen molar-refractivity contribution in [3.05, 3.63) is 64.2 Å². The van der Waals surface area contributed by atoms with Crippen LogP contribution in [-0.4, -0.2) is 28.2 Å². The summed E-state index contributed by atoms with van der Waals surface area (Å²) in [5, 5.41) is 28.4. The number of carbonyl (C=O) groups is 1. The van der Waals surface area contributed by atoms with Crippen LogP contribution in [0, 0.1) is 10.1 Å². The smallest absolute Gasteiger partial charge is 0.429 e. The van der Waals surface area contributed by atoms with E-state index >= 15 is 0 Å². The summed E-state index contributed by atoms with van der Waals surface area (Å²) in [7, 11) is -1.56. The average Bonchev–Trinajstić information content (AvgIpc) is 2.54. The molecular formula is C14H12BNO7. The molecule has 2 N–H and O–H groups in total. The van der Waals surface area contributed by atoms with Gasteiger partial charge in [-0.25, -0.2) is 4.79 Å². The van der Waals surface area contributed by atoms with Crippen molar-refractivity contribution in [2.45, 2.75) is 6.61 Å². The monoisotopic (exact) mass is 317 g/mol. The molecule has 0 aliphatic heterocycles. The Morgan fingerprint density at radius 2 is 1.70 bits per heavy atom. The molecule has 2 aromatic rings. The third kappa shape index (κ3) is 4.80. The summed E-state index contributed by atoms with van der Waals surface area (Å²) in [4.78, 5) is 21.5. The fraction of sp³-hybridized carbons (Fsp3) is 0.0714. The van der Waals surface area contributed by atoms with Crippen molar-refractivity contribution in [2.75, 3.05) is 0 Å². The largest absolute Gasteiger partial charge is 0.514 e. The SMILES string of the molecule is O=C(OCc1ccc(B(O)O)cc1)Oc1ccc([N+](=O)[O-])cc1.